The first-order chi connectivity index (χ1) is 8.63. The molecule has 0 spiro atoms. The molecule has 0 aliphatic carbocycles. The molecule has 1 atom stereocenters. The van der Waals surface area contributed by atoms with Crippen molar-refractivity contribution >= 4 is 17.4 Å². The van der Waals surface area contributed by atoms with Crippen LogP contribution in [0.25, 0.3) is 0 Å². The lowest BCUT2D eigenvalue weighted by molar-refractivity contribution is 0.530. The maximum absolute atomic E-state index is 13.7. The molecule has 0 aliphatic heterocycles. The Bertz CT molecular complexity index is 522. The summed E-state index contributed by atoms with van der Waals surface area (Å²) >= 11 is 5.97. The van der Waals surface area contributed by atoms with Crippen LogP contribution < -0.4 is 17.0 Å². The molecule has 96 valence electrons. The second-order valence-electron chi connectivity index (χ2n) is 3.86. The minimum absolute atomic E-state index is 0.283. The number of nitrogens with two attached hydrogens (primary N) is 2. The lowest BCUT2D eigenvalue weighted by Gasteiger charge is -2.16. The van der Waals surface area contributed by atoms with Gasteiger partial charge in [0.1, 0.15) is 11.6 Å². The number of benzene rings is 1. The number of nitrogens with zero attached hydrogens (tertiary/aromatic N) is 1. The zero-order chi connectivity index (χ0) is 13.1. The normalized spacial score (nSPS) is 12.6. The number of nitrogen functional groups attached to an aromatic ring is 1. The van der Waals surface area contributed by atoms with Crippen LogP contribution in [0.3, 0.4) is 0 Å². The average molecular weight is 270 g/mol. The first-order valence-corrected chi connectivity index (χ1v) is 5.69. The van der Waals surface area contributed by atoms with Gasteiger partial charge in [0.05, 0.1) is 12.2 Å². The molecule has 2 rings (SSSR count). The lowest BCUT2D eigenvalue weighted by Crippen LogP contribution is -2.30. The fourth-order valence-electron chi connectivity index (χ4n) is 1.77. The molecule has 0 radical (unpaired) electrons. The highest BCUT2D eigenvalue weighted by Crippen LogP contribution is 2.26. The van der Waals surface area contributed by atoms with E-state index in [1.54, 1.807) is 18.3 Å². The number of hydrazine groups is 1. The zero-order valence-corrected chi connectivity index (χ0v) is 10.2. The van der Waals surface area contributed by atoms with E-state index in [2.05, 4.69) is 15.6 Å². The van der Waals surface area contributed by atoms with Crippen molar-refractivity contribution < 1.29 is 4.39 Å². The number of nitrogens with one attached hydrogen (secondary N) is 2. The molecule has 0 saturated heterocycles. The smallest absolute Gasteiger partial charge is 0.127 e. The molecule has 7 heteroatoms. The van der Waals surface area contributed by atoms with Gasteiger partial charge in [0.2, 0.25) is 0 Å². The third kappa shape index (κ3) is 2.45. The summed E-state index contributed by atoms with van der Waals surface area (Å²) in [6, 6.07) is 4.18. The molecule has 1 aromatic carbocycles. The maximum atomic E-state index is 13.7. The molecule has 1 heterocycles. The van der Waals surface area contributed by atoms with Crippen LogP contribution in [0.1, 0.15) is 17.2 Å². The minimum Gasteiger partial charge on any atom is -0.384 e. The van der Waals surface area contributed by atoms with Gasteiger partial charge in [-0.05, 0) is 18.6 Å². The molecule has 1 aromatic heterocycles. The Morgan fingerprint density at radius 3 is 2.83 bits per heavy atom. The van der Waals surface area contributed by atoms with Crippen molar-refractivity contribution in [1.29, 1.82) is 0 Å². The molecule has 5 nitrogen and oxygen atoms in total. The second kappa shape index (κ2) is 5.34. The predicted octanol–water partition coefficient (Wildman–Crippen LogP) is 1.53. The monoisotopic (exact) mass is 269 g/mol. The van der Waals surface area contributed by atoms with Crippen molar-refractivity contribution in [2.45, 2.75) is 12.5 Å². The van der Waals surface area contributed by atoms with Gasteiger partial charge in [-0.2, -0.15) is 5.10 Å². The standard InChI is InChI=1S/C11H13ClFN5/c12-8-2-1-3-9(13)6(8)4-10(17-15)7-5-16-18-11(7)14/h1-3,5,10,17H,4,15H2,(H3,14,16,18). The molecular formula is C11H13ClFN5. The summed E-state index contributed by atoms with van der Waals surface area (Å²) in [5, 5.41) is 6.77. The summed E-state index contributed by atoms with van der Waals surface area (Å²) in [6.45, 7) is 0. The molecule has 18 heavy (non-hydrogen) atoms. The van der Waals surface area contributed by atoms with Crippen LogP contribution in [0.4, 0.5) is 10.2 Å². The number of halogens is 2. The van der Waals surface area contributed by atoms with Crippen molar-refractivity contribution in [2.75, 3.05) is 5.73 Å². The molecule has 0 fully saturated rings. The van der Waals surface area contributed by atoms with Gasteiger partial charge in [-0.15, -0.1) is 0 Å². The summed E-state index contributed by atoms with van der Waals surface area (Å²) in [6.07, 6.45) is 1.83. The van der Waals surface area contributed by atoms with Gasteiger partial charge < -0.3 is 5.73 Å². The van der Waals surface area contributed by atoms with E-state index in [0.29, 0.717) is 22.0 Å². The van der Waals surface area contributed by atoms with Crippen molar-refractivity contribution in [3.63, 3.8) is 0 Å². The Hall–Kier alpha value is -1.63. The summed E-state index contributed by atoms with van der Waals surface area (Å²) in [5.41, 5.74) is 9.36. The Balaban J connectivity index is 2.29. The highest BCUT2D eigenvalue weighted by atomic mass is 35.5. The number of H-pyrrole nitrogens is 1. The molecule has 0 saturated carbocycles. The number of rotatable bonds is 4. The fraction of sp³-hybridized carbons (Fsp3) is 0.182. The number of hydrogen-bond donors (Lipinski definition) is 4. The van der Waals surface area contributed by atoms with Crippen LogP contribution in [0, 0.1) is 5.82 Å². The first-order valence-electron chi connectivity index (χ1n) is 5.31. The van der Waals surface area contributed by atoms with Crippen LogP contribution >= 0.6 is 11.6 Å². The molecule has 0 bridgehead atoms. The van der Waals surface area contributed by atoms with E-state index in [0.717, 1.165) is 0 Å². The first kappa shape index (κ1) is 12.8. The fourth-order valence-corrected chi connectivity index (χ4v) is 2.01. The number of hydrogen-bond acceptors (Lipinski definition) is 4. The van der Waals surface area contributed by atoms with E-state index in [9.17, 15) is 4.39 Å². The van der Waals surface area contributed by atoms with E-state index in [4.69, 9.17) is 23.2 Å². The number of aromatic amines is 1. The zero-order valence-electron chi connectivity index (χ0n) is 9.45. The SMILES string of the molecule is NNC(Cc1c(F)cccc1Cl)c1cn[nH]c1N. The minimum atomic E-state index is -0.371. The van der Waals surface area contributed by atoms with Crippen LogP contribution in [0.15, 0.2) is 24.4 Å². The second-order valence-corrected chi connectivity index (χ2v) is 4.27. The van der Waals surface area contributed by atoms with Crippen molar-refractivity contribution in [1.82, 2.24) is 15.6 Å². The van der Waals surface area contributed by atoms with Gasteiger partial charge >= 0.3 is 0 Å². The molecular weight excluding hydrogens is 257 g/mol. The van der Waals surface area contributed by atoms with E-state index in [1.165, 1.54) is 6.07 Å². The van der Waals surface area contributed by atoms with E-state index in [1.807, 2.05) is 0 Å². The van der Waals surface area contributed by atoms with Crippen LogP contribution in [-0.4, -0.2) is 10.2 Å². The quantitative estimate of drug-likeness (QED) is 0.500. The third-order valence-electron chi connectivity index (χ3n) is 2.75. The third-order valence-corrected chi connectivity index (χ3v) is 3.10. The van der Waals surface area contributed by atoms with E-state index < -0.39 is 0 Å². The molecule has 6 N–H and O–H groups in total. The van der Waals surface area contributed by atoms with Gasteiger partial charge in [0, 0.05) is 16.1 Å². The number of anilines is 1. The van der Waals surface area contributed by atoms with Gasteiger partial charge in [0.25, 0.3) is 0 Å². The van der Waals surface area contributed by atoms with Gasteiger partial charge in [0.15, 0.2) is 0 Å². The van der Waals surface area contributed by atoms with Gasteiger partial charge in [-0.25, -0.2) is 4.39 Å². The Labute approximate surface area is 108 Å². The van der Waals surface area contributed by atoms with Crippen molar-refractivity contribution in [3.05, 3.63) is 46.4 Å². The van der Waals surface area contributed by atoms with E-state index in [-0.39, 0.29) is 18.3 Å². The van der Waals surface area contributed by atoms with Crippen LogP contribution in [0.2, 0.25) is 5.02 Å². The summed E-state index contributed by atoms with van der Waals surface area (Å²) in [7, 11) is 0. The predicted molar refractivity (Wildman–Crippen MR) is 68.2 cm³/mol. The van der Waals surface area contributed by atoms with Crippen LogP contribution in [0.5, 0.6) is 0 Å². The largest absolute Gasteiger partial charge is 0.384 e. The van der Waals surface area contributed by atoms with Gasteiger partial charge in [-0.1, -0.05) is 17.7 Å². The highest BCUT2D eigenvalue weighted by Gasteiger charge is 2.18. The van der Waals surface area contributed by atoms with Gasteiger partial charge in [-0.3, -0.25) is 16.4 Å². The molecule has 1 unspecified atom stereocenters. The molecule has 0 amide bonds. The van der Waals surface area contributed by atoms with Crippen molar-refractivity contribution in [2.24, 2.45) is 5.84 Å². The topological polar surface area (TPSA) is 92.7 Å². The highest BCUT2D eigenvalue weighted by molar-refractivity contribution is 6.31. The van der Waals surface area contributed by atoms with E-state index >= 15 is 0 Å². The average Bonchev–Trinajstić information content (AvgIpc) is 2.76. The lowest BCUT2D eigenvalue weighted by atomic mass is 10.0. The van der Waals surface area contributed by atoms with Crippen molar-refractivity contribution in [3.8, 4) is 0 Å². The molecule has 2 aromatic rings. The Morgan fingerprint density at radius 2 is 2.28 bits per heavy atom. The molecule has 0 aliphatic rings. The van der Waals surface area contributed by atoms with Crippen LogP contribution in [-0.2, 0) is 6.42 Å². The summed E-state index contributed by atoms with van der Waals surface area (Å²) in [4.78, 5) is 0. The maximum Gasteiger partial charge on any atom is 0.127 e. The Kier molecular flexibility index (Phi) is 3.81. The number of aromatic nitrogens is 2. The Morgan fingerprint density at radius 1 is 1.50 bits per heavy atom. The summed E-state index contributed by atoms with van der Waals surface area (Å²) < 4.78 is 13.7. The summed E-state index contributed by atoms with van der Waals surface area (Å²) in [5.74, 6) is 5.49.